The van der Waals surface area contributed by atoms with Crippen molar-refractivity contribution in [2.75, 3.05) is 5.73 Å². The van der Waals surface area contributed by atoms with E-state index in [1.54, 1.807) is 0 Å². The monoisotopic (exact) mass is 406 g/mol. The van der Waals surface area contributed by atoms with Gasteiger partial charge in [-0.2, -0.15) is 25.3 Å². The minimum Gasteiger partial charge on any atom is -0.399 e. The summed E-state index contributed by atoms with van der Waals surface area (Å²) < 4.78 is 95.5. The number of benzene rings is 2. The first-order valence-electron chi connectivity index (χ1n) is 5.51. The second kappa shape index (κ2) is 6.51. The van der Waals surface area contributed by atoms with Crippen molar-refractivity contribution < 1.29 is 38.9 Å². The number of nitrogens with two attached hydrogens (primary N) is 1. The van der Waals surface area contributed by atoms with Gasteiger partial charge < -0.3 is 5.73 Å². The van der Waals surface area contributed by atoms with Crippen molar-refractivity contribution >= 4 is 76.4 Å². The van der Waals surface area contributed by atoms with Crippen LogP contribution < -0.4 is 5.73 Å². The maximum absolute atomic E-state index is 11.4. The zero-order valence-corrected chi connectivity index (χ0v) is 16.4. The van der Waals surface area contributed by atoms with E-state index in [1.807, 2.05) is 0 Å². The molecule has 0 fully saturated rings. The van der Waals surface area contributed by atoms with Crippen LogP contribution in [0.4, 0.5) is 5.69 Å². The summed E-state index contributed by atoms with van der Waals surface area (Å²) >= 11 is 0. The Balaban J connectivity index is 0.00000288. The molecule has 0 saturated carbocycles. The molecule has 0 aromatic heterocycles. The van der Waals surface area contributed by atoms with Crippen molar-refractivity contribution in [2.24, 2.45) is 0 Å². The second-order valence-corrected chi connectivity index (χ2v) is 8.66. The van der Waals surface area contributed by atoms with E-state index in [2.05, 4.69) is 0 Å². The molecule has 0 aliphatic carbocycles. The van der Waals surface area contributed by atoms with Crippen LogP contribution >= 0.6 is 0 Å². The van der Waals surface area contributed by atoms with Crippen molar-refractivity contribution in [1.29, 1.82) is 0 Å². The zero-order chi connectivity index (χ0) is 17.8. The Morgan fingerprint density at radius 3 is 1.50 bits per heavy atom. The van der Waals surface area contributed by atoms with Gasteiger partial charge in [0.2, 0.25) is 0 Å². The van der Waals surface area contributed by atoms with Crippen LogP contribution in [0.5, 0.6) is 0 Å². The predicted molar refractivity (Wildman–Crippen MR) is 83.6 cm³/mol. The van der Waals surface area contributed by atoms with Crippen molar-refractivity contribution in [3.63, 3.8) is 0 Å². The molecular formula is C10H9NNaO9S3. The van der Waals surface area contributed by atoms with Gasteiger partial charge in [-0.15, -0.1) is 0 Å². The van der Waals surface area contributed by atoms with Crippen molar-refractivity contribution in [3.8, 4) is 0 Å². The summed E-state index contributed by atoms with van der Waals surface area (Å²) in [7, 11) is -14.8. The van der Waals surface area contributed by atoms with Crippen LogP contribution in [0.3, 0.4) is 0 Å². The summed E-state index contributed by atoms with van der Waals surface area (Å²) in [5.74, 6) is 0. The molecule has 5 N–H and O–H groups in total. The average molecular weight is 406 g/mol. The fourth-order valence-electron chi connectivity index (χ4n) is 1.97. The van der Waals surface area contributed by atoms with Gasteiger partial charge in [-0.1, -0.05) is 0 Å². The molecule has 14 heteroatoms. The third-order valence-corrected chi connectivity index (χ3v) is 5.46. The molecule has 0 spiro atoms. The smallest absolute Gasteiger partial charge is 0.295 e. The zero-order valence-electron chi connectivity index (χ0n) is 11.9. The van der Waals surface area contributed by atoms with Crippen LogP contribution in [0.1, 0.15) is 0 Å². The Morgan fingerprint density at radius 1 is 0.667 bits per heavy atom. The van der Waals surface area contributed by atoms with Crippen molar-refractivity contribution in [1.82, 2.24) is 0 Å². The van der Waals surface area contributed by atoms with Crippen LogP contribution in [-0.2, 0) is 30.4 Å². The Hall–Kier alpha value is -0.770. The molecule has 10 nitrogen and oxygen atoms in total. The normalized spacial score (nSPS) is 12.8. The molecule has 2 rings (SSSR count). The molecule has 127 valence electrons. The Bertz CT molecular complexity index is 1140. The molecule has 0 bridgehead atoms. The summed E-state index contributed by atoms with van der Waals surface area (Å²) in [4.78, 5) is -2.88. The van der Waals surface area contributed by atoms with Crippen molar-refractivity contribution in [3.05, 3.63) is 24.3 Å². The van der Waals surface area contributed by atoms with Crippen LogP contribution in [0.2, 0.25) is 0 Å². The van der Waals surface area contributed by atoms with Gasteiger partial charge in [-0.05, 0) is 24.3 Å². The van der Waals surface area contributed by atoms with E-state index in [1.165, 1.54) is 0 Å². The molecule has 0 aliphatic heterocycles. The first kappa shape index (κ1) is 21.3. The fourth-order valence-corrected chi connectivity index (χ4v) is 4.03. The molecule has 0 saturated heterocycles. The number of hydrogen-bond donors (Lipinski definition) is 4. The molecule has 2 aromatic rings. The molecule has 1 radical (unpaired) electrons. The van der Waals surface area contributed by atoms with Gasteiger partial charge in [0, 0.05) is 46.0 Å². The van der Waals surface area contributed by atoms with Gasteiger partial charge in [0.05, 0.1) is 4.90 Å². The number of anilines is 1. The minimum absolute atomic E-state index is 0. The van der Waals surface area contributed by atoms with E-state index in [0.29, 0.717) is 12.1 Å². The second-order valence-electron chi connectivity index (χ2n) is 4.46. The first-order chi connectivity index (χ1) is 10.2. The van der Waals surface area contributed by atoms with E-state index in [4.69, 9.17) is 10.3 Å². The summed E-state index contributed by atoms with van der Waals surface area (Å²) in [6, 6.07) is 2.78. The van der Waals surface area contributed by atoms with Crippen LogP contribution in [0, 0.1) is 0 Å². The largest absolute Gasteiger partial charge is 0.399 e. The Morgan fingerprint density at radius 2 is 1.08 bits per heavy atom. The number of rotatable bonds is 3. The molecule has 0 atom stereocenters. The molecule has 2 aromatic carbocycles. The van der Waals surface area contributed by atoms with Crippen molar-refractivity contribution in [2.45, 2.75) is 14.7 Å². The van der Waals surface area contributed by atoms with Gasteiger partial charge in [0.1, 0.15) is 9.79 Å². The average Bonchev–Trinajstić information content (AvgIpc) is 2.32. The van der Waals surface area contributed by atoms with Crippen LogP contribution in [0.15, 0.2) is 39.0 Å². The summed E-state index contributed by atoms with van der Waals surface area (Å²) in [5.41, 5.74) is 5.17. The summed E-state index contributed by atoms with van der Waals surface area (Å²) in [6.45, 7) is 0. The van der Waals surface area contributed by atoms with Gasteiger partial charge in [0.25, 0.3) is 30.4 Å². The van der Waals surface area contributed by atoms with Gasteiger partial charge in [-0.25, -0.2) is 0 Å². The molecular weight excluding hydrogens is 397 g/mol. The van der Waals surface area contributed by atoms with Crippen LogP contribution in [-0.4, -0.2) is 68.5 Å². The van der Waals surface area contributed by atoms with Gasteiger partial charge in [0.15, 0.2) is 0 Å². The van der Waals surface area contributed by atoms with E-state index < -0.39 is 55.8 Å². The number of fused-ring (bicyclic) bond motifs is 1. The maximum atomic E-state index is 11.4. The Kier molecular flexibility index (Phi) is 5.77. The van der Waals surface area contributed by atoms with E-state index in [0.717, 1.165) is 12.1 Å². The summed E-state index contributed by atoms with van der Waals surface area (Å²) in [6.07, 6.45) is 0. The van der Waals surface area contributed by atoms with Gasteiger partial charge in [-0.3, -0.25) is 13.7 Å². The molecule has 24 heavy (non-hydrogen) atoms. The SMILES string of the molecule is Nc1cc(S(=O)(=O)O)c2cc(S(=O)(=O)O)cc(S(=O)(=O)O)c2c1.[Na]. The topological polar surface area (TPSA) is 189 Å². The third kappa shape index (κ3) is 4.25. The summed E-state index contributed by atoms with van der Waals surface area (Å²) in [5, 5.41) is -1.02. The molecule has 0 amide bonds. The van der Waals surface area contributed by atoms with E-state index >= 15 is 0 Å². The van der Waals surface area contributed by atoms with E-state index in [9.17, 15) is 34.4 Å². The predicted octanol–water partition coefficient (Wildman–Crippen LogP) is -0.219. The van der Waals surface area contributed by atoms with E-state index in [-0.39, 0.29) is 35.2 Å². The first-order valence-corrected chi connectivity index (χ1v) is 9.83. The van der Waals surface area contributed by atoms with Gasteiger partial charge >= 0.3 is 0 Å². The molecule has 0 heterocycles. The fraction of sp³-hybridized carbons (Fsp3) is 0. The quantitative estimate of drug-likeness (QED) is 0.301. The minimum atomic E-state index is -5.00. The van der Waals surface area contributed by atoms with Crippen LogP contribution in [0.25, 0.3) is 10.8 Å². The third-order valence-electron chi connectivity index (χ3n) is 2.84. The maximum Gasteiger partial charge on any atom is 0.295 e. The molecule has 0 unspecified atom stereocenters. The molecule has 0 aliphatic rings. The number of hydrogen-bond acceptors (Lipinski definition) is 7. The number of nitrogen functional groups attached to an aromatic ring is 1. The Labute approximate surface area is 159 Å². The standard InChI is InChI=1S/C10H9NO9S3.Na/c11-5-1-7-8(9(2-5)22(15,16)17)3-6(21(12,13)14)4-10(7)23(18,19)20;/h1-4H,11H2,(H,12,13,14)(H,15,16,17)(H,18,19,20);.